The maximum Gasteiger partial charge on any atom is 0.119 e. The van der Waals surface area contributed by atoms with Gasteiger partial charge in [-0.25, -0.2) is 0 Å². The summed E-state index contributed by atoms with van der Waals surface area (Å²) < 4.78 is 6.95. The molecule has 112 valence electrons. The molecule has 0 radical (unpaired) electrons. The Morgan fingerprint density at radius 3 is 2.38 bits per heavy atom. The number of hydrogen-bond donors (Lipinski definition) is 1. The van der Waals surface area contributed by atoms with Crippen molar-refractivity contribution in [3.63, 3.8) is 0 Å². The Kier molecular flexibility index (Phi) is 5.91. The summed E-state index contributed by atoms with van der Waals surface area (Å²) in [6, 6.07) is 17.0. The van der Waals surface area contributed by atoms with E-state index in [2.05, 4.69) is 85.1 Å². The molecule has 1 unspecified atom stereocenters. The largest absolute Gasteiger partial charge is 0.493 e. The molecule has 0 bridgehead atoms. The fourth-order valence-corrected chi connectivity index (χ4v) is 2.57. The van der Waals surface area contributed by atoms with Crippen LogP contribution < -0.4 is 10.1 Å². The molecule has 21 heavy (non-hydrogen) atoms. The number of ether oxygens (including phenoxy) is 1. The Hall–Kier alpha value is -1.23. The van der Waals surface area contributed by atoms with Crippen LogP contribution in [0.15, 0.2) is 48.5 Å². The van der Waals surface area contributed by atoms with Crippen molar-refractivity contribution in [1.29, 1.82) is 0 Å². The van der Waals surface area contributed by atoms with Gasteiger partial charge in [0.2, 0.25) is 0 Å². The third-order valence-corrected chi connectivity index (χ3v) is 3.84. The monoisotopic (exact) mass is 395 g/mol. The van der Waals surface area contributed by atoms with E-state index < -0.39 is 0 Å². The second kappa shape index (κ2) is 7.69. The Balaban J connectivity index is 1.97. The van der Waals surface area contributed by atoms with Crippen LogP contribution in [-0.4, -0.2) is 6.61 Å². The first kappa shape index (κ1) is 16.1. The fourth-order valence-electron chi connectivity index (χ4n) is 2.03. The van der Waals surface area contributed by atoms with E-state index in [9.17, 15) is 0 Å². The minimum Gasteiger partial charge on any atom is -0.493 e. The van der Waals surface area contributed by atoms with E-state index in [1.165, 1.54) is 9.13 Å². The zero-order valence-electron chi connectivity index (χ0n) is 12.8. The summed E-state index contributed by atoms with van der Waals surface area (Å²) in [6.07, 6.45) is 0. The van der Waals surface area contributed by atoms with E-state index >= 15 is 0 Å². The summed E-state index contributed by atoms with van der Waals surface area (Å²) in [5.41, 5.74) is 2.40. The predicted molar refractivity (Wildman–Crippen MR) is 98.0 cm³/mol. The molecule has 1 atom stereocenters. The van der Waals surface area contributed by atoms with Gasteiger partial charge in [-0.15, -0.1) is 0 Å². The molecule has 3 heteroatoms. The van der Waals surface area contributed by atoms with Gasteiger partial charge in [-0.05, 0) is 71.3 Å². The quantitative estimate of drug-likeness (QED) is 0.653. The second-order valence-electron chi connectivity index (χ2n) is 5.65. The average molecular weight is 395 g/mol. The molecule has 0 fully saturated rings. The molecule has 0 saturated carbocycles. The molecule has 2 rings (SSSR count). The highest BCUT2D eigenvalue weighted by Crippen LogP contribution is 2.22. The SMILES string of the molecule is CC(C)COc1ccc(C(C)Nc2cccc(I)c2)cc1. The highest BCUT2D eigenvalue weighted by molar-refractivity contribution is 14.1. The number of hydrogen-bond acceptors (Lipinski definition) is 2. The lowest BCUT2D eigenvalue weighted by Gasteiger charge is -2.17. The Morgan fingerprint density at radius 1 is 1.05 bits per heavy atom. The van der Waals surface area contributed by atoms with Gasteiger partial charge in [-0.3, -0.25) is 0 Å². The Morgan fingerprint density at radius 2 is 1.76 bits per heavy atom. The van der Waals surface area contributed by atoms with Crippen LogP contribution in [0.2, 0.25) is 0 Å². The van der Waals surface area contributed by atoms with E-state index in [4.69, 9.17) is 4.74 Å². The van der Waals surface area contributed by atoms with E-state index in [-0.39, 0.29) is 6.04 Å². The summed E-state index contributed by atoms with van der Waals surface area (Å²) in [7, 11) is 0. The van der Waals surface area contributed by atoms with E-state index in [1.807, 2.05) is 12.1 Å². The lowest BCUT2D eigenvalue weighted by atomic mass is 10.1. The van der Waals surface area contributed by atoms with Gasteiger partial charge in [0.1, 0.15) is 5.75 Å². The smallest absolute Gasteiger partial charge is 0.119 e. The maximum atomic E-state index is 5.71. The number of benzene rings is 2. The number of anilines is 1. The van der Waals surface area contributed by atoms with Crippen LogP contribution >= 0.6 is 22.6 Å². The van der Waals surface area contributed by atoms with E-state index in [0.717, 1.165) is 18.0 Å². The Bertz CT molecular complexity index is 566. The maximum absolute atomic E-state index is 5.71. The van der Waals surface area contributed by atoms with Gasteiger partial charge in [0.05, 0.1) is 6.61 Å². The minimum absolute atomic E-state index is 0.266. The minimum atomic E-state index is 0.266. The van der Waals surface area contributed by atoms with Gasteiger partial charge in [-0.1, -0.05) is 32.0 Å². The third kappa shape index (κ3) is 5.23. The van der Waals surface area contributed by atoms with Crippen LogP contribution in [0.3, 0.4) is 0 Å². The van der Waals surface area contributed by atoms with Crippen LogP contribution in [0.1, 0.15) is 32.4 Å². The summed E-state index contributed by atoms with van der Waals surface area (Å²) >= 11 is 2.33. The lowest BCUT2D eigenvalue weighted by molar-refractivity contribution is 0.271. The first-order valence-corrected chi connectivity index (χ1v) is 8.37. The van der Waals surface area contributed by atoms with Crippen LogP contribution in [0.4, 0.5) is 5.69 Å². The van der Waals surface area contributed by atoms with Crippen molar-refractivity contribution >= 4 is 28.3 Å². The normalized spacial score (nSPS) is 12.2. The molecule has 0 aliphatic carbocycles. The van der Waals surface area contributed by atoms with Crippen molar-refractivity contribution < 1.29 is 4.74 Å². The van der Waals surface area contributed by atoms with Crippen molar-refractivity contribution in [3.8, 4) is 5.75 Å². The number of nitrogens with one attached hydrogen (secondary N) is 1. The van der Waals surface area contributed by atoms with Crippen molar-refractivity contribution in [3.05, 3.63) is 57.7 Å². The van der Waals surface area contributed by atoms with Crippen molar-refractivity contribution in [1.82, 2.24) is 0 Å². The zero-order chi connectivity index (χ0) is 15.2. The van der Waals surface area contributed by atoms with E-state index in [0.29, 0.717) is 5.92 Å². The van der Waals surface area contributed by atoms with Gasteiger partial charge >= 0.3 is 0 Å². The molecule has 0 heterocycles. The van der Waals surface area contributed by atoms with Crippen LogP contribution in [0.5, 0.6) is 5.75 Å². The van der Waals surface area contributed by atoms with Crippen LogP contribution in [-0.2, 0) is 0 Å². The molecule has 0 amide bonds. The van der Waals surface area contributed by atoms with Gasteiger partial charge in [0.25, 0.3) is 0 Å². The van der Waals surface area contributed by atoms with Crippen LogP contribution in [0.25, 0.3) is 0 Å². The Labute approximate surface area is 141 Å². The van der Waals surface area contributed by atoms with Gasteiger partial charge < -0.3 is 10.1 Å². The topological polar surface area (TPSA) is 21.3 Å². The molecule has 1 N–H and O–H groups in total. The summed E-state index contributed by atoms with van der Waals surface area (Å²) in [6.45, 7) is 7.24. The summed E-state index contributed by atoms with van der Waals surface area (Å²) in [5.74, 6) is 1.49. The molecule has 2 aromatic carbocycles. The highest BCUT2D eigenvalue weighted by atomic mass is 127. The number of rotatable bonds is 6. The first-order valence-electron chi connectivity index (χ1n) is 7.29. The molecule has 0 aliphatic rings. The van der Waals surface area contributed by atoms with Gasteiger partial charge in [-0.2, -0.15) is 0 Å². The fraction of sp³-hybridized carbons (Fsp3) is 0.333. The third-order valence-electron chi connectivity index (χ3n) is 3.17. The zero-order valence-corrected chi connectivity index (χ0v) is 14.9. The number of halogens is 1. The second-order valence-corrected chi connectivity index (χ2v) is 6.90. The first-order chi connectivity index (χ1) is 10.0. The molecule has 2 aromatic rings. The summed E-state index contributed by atoms with van der Waals surface area (Å²) in [4.78, 5) is 0. The molecular formula is C18H22INO. The van der Waals surface area contributed by atoms with E-state index in [1.54, 1.807) is 0 Å². The highest BCUT2D eigenvalue weighted by Gasteiger charge is 2.06. The average Bonchev–Trinajstić information content (AvgIpc) is 2.45. The van der Waals surface area contributed by atoms with Crippen molar-refractivity contribution in [2.24, 2.45) is 5.92 Å². The van der Waals surface area contributed by atoms with Gasteiger partial charge in [0, 0.05) is 15.3 Å². The molecule has 0 aliphatic heterocycles. The molecular weight excluding hydrogens is 373 g/mol. The molecule has 2 nitrogen and oxygen atoms in total. The van der Waals surface area contributed by atoms with Crippen molar-refractivity contribution in [2.45, 2.75) is 26.8 Å². The predicted octanol–water partition coefficient (Wildman–Crippen LogP) is 5.50. The lowest BCUT2D eigenvalue weighted by Crippen LogP contribution is -2.07. The van der Waals surface area contributed by atoms with Crippen LogP contribution in [0, 0.1) is 9.49 Å². The summed E-state index contributed by atoms with van der Waals surface area (Å²) in [5, 5.41) is 3.52. The van der Waals surface area contributed by atoms with Gasteiger partial charge in [0.15, 0.2) is 0 Å². The molecule has 0 spiro atoms. The molecule has 0 aromatic heterocycles. The molecule has 0 saturated heterocycles. The standard InChI is InChI=1S/C18H22INO/c1-13(2)12-21-18-9-7-15(8-10-18)14(3)20-17-6-4-5-16(19)11-17/h4-11,13-14,20H,12H2,1-3H3. The van der Waals surface area contributed by atoms with Crippen molar-refractivity contribution in [2.75, 3.05) is 11.9 Å².